The van der Waals surface area contributed by atoms with Crippen LogP contribution in [-0.4, -0.2) is 4.57 Å². The molecule has 2 aliphatic carbocycles. The molecule has 316 valence electrons. The molecule has 2 aliphatic rings. The minimum atomic E-state index is -0.491. The highest BCUT2D eigenvalue weighted by Gasteiger charge is 2.52. The van der Waals surface area contributed by atoms with Gasteiger partial charge >= 0.3 is 0 Å². The van der Waals surface area contributed by atoms with Gasteiger partial charge in [-0.05, 0) is 116 Å². The Bertz CT molecular complexity index is 4140. The van der Waals surface area contributed by atoms with Crippen molar-refractivity contribution in [1.82, 2.24) is 4.57 Å². The Morgan fingerprint density at radius 3 is 1.62 bits per heavy atom. The SMILES string of the molecule is c1cc(N(c2ccccc2-c2cccc3oc4cc5ccccc5cc4c23)c2cccc3c2-c2ccccc2C32c3ccccc3-c3ccccc32)cc(-n2c3ccccc3c3ccccc32)c1. The van der Waals surface area contributed by atoms with Crippen molar-refractivity contribution >= 4 is 71.6 Å². The van der Waals surface area contributed by atoms with E-state index < -0.39 is 5.41 Å². The van der Waals surface area contributed by atoms with Crippen LogP contribution in [0.3, 0.4) is 0 Å². The molecule has 0 fully saturated rings. The molecule has 15 rings (SSSR count). The topological polar surface area (TPSA) is 21.3 Å². The summed E-state index contributed by atoms with van der Waals surface area (Å²) in [6.45, 7) is 0. The molecule has 3 heteroatoms. The van der Waals surface area contributed by atoms with Crippen LogP contribution in [0.15, 0.2) is 247 Å². The second-order valence-electron chi connectivity index (χ2n) is 18.3. The van der Waals surface area contributed by atoms with Crippen LogP contribution in [0.4, 0.5) is 17.1 Å². The van der Waals surface area contributed by atoms with Crippen LogP contribution in [0.5, 0.6) is 0 Å². The quantitative estimate of drug-likeness (QED) is 0.172. The summed E-state index contributed by atoms with van der Waals surface area (Å²) in [5, 5.41) is 7.06. The fourth-order valence-electron chi connectivity index (χ4n) is 12.3. The van der Waals surface area contributed by atoms with Gasteiger partial charge in [0.1, 0.15) is 11.2 Å². The first kappa shape index (κ1) is 37.3. The van der Waals surface area contributed by atoms with Crippen molar-refractivity contribution < 1.29 is 4.42 Å². The van der Waals surface area contributed by atoms with Gasteiger partial charge in [-0.1, -0.05) is 182 Å². The second-order valence-corrected chi connectivity index (χ2v) is 18.3. The number of benzene rings is 11. The van der Waals surface area contributed by atoms with E-state index in [2.05, 4.69) is 252 Å². The first-order chi connectivity index (χ1) is 33.8. The fraction of sp³-hybridized carbons (Fsp3) is 0.0154. The summed E-state index contributed by atoms with van der Waals surface area (Å²) in [4.78, 5) is 2.53. The maximum atomic E-state index is 6.71. The van der Waals surface area contributed by atoms with Crippen LogP contribution >= 0.6 is 0 Å². The normalized spacial score (nSPS) is 13.1. The minimum Gasteiger partial charge on any atom is -0.456 e. The summed E-state index contributed by atoms with van der Waals surface area (Å²) in [6.07, 6.45) is 0. The lowest BCUT2D eigenvalue weighted by Crippen LogP contribution is -2.26. The van der Waals surface area contributed by atoms with E-state index in [1.54, 1.807) is 0 Å². The molecule has 0 saturated heterocycles. The Labute approximate surface area is 393 Å². The molecule has 13 aromatic rings. The van der Waals surface area contributed by atoms with Gasteiger partial charge in [0.15, 0.2) is 0 Å². The monoisotopic (exact) mass is 864 g/mol. The van der Waals surface area contributed by atoms with Crippen LogP contribution in [-0.2, 0) is 5.41 Å². The molecule has 3 nitrogen and oxygen atoms in total. The summed E-state index contributed by atoms with van der Waals surface area (Å²) in [5.41, 5.74) is 20.6. The zero-order chi connectivity index (χ0) is 44.5. The van der Waals surface area contributed by atoms with Gasteiger partial charge < -0.3 is 13.9 Å². The van der Waals surface area contributed by atoms with Crippen molar-refractivity contribution in [3.63, 3.8) is 0 Å². The van der Waals surface area contributed by atoms with E-state index in [1.807, 2.05) is 0 Å². The van der Waals surface area contributed by atoms with Crippen molar-refractivity contribution in [1.29, 1.82) is 0 Å². The highest BCUT2D eigenvalue weighted by Crippen LogP contribution is 2.65. The van der Waals surface area contributed by atoms with Gasteiger partial charge in [-0.2, -0.15) is 0 Å². The van der Waals surface area contributed by atoms with Gasteiger partial charge in [-0.25, -0.2) is 0 Å². The van der Waals surface area contributed by atoms with Crippen molar-refractivity contribution in [2.75, 3.05) is 4.90 Å². The predicted molar refractivity (Wildman–Crippen MR) is 282 cm³/mol. The molecule has 0 unspecified atom stereocenters. The van der Waals surface area contributed by atoms with Crippen molar-refractivity contribution in [3.8, 4) is 39.1 Å². The largest absolute Gasteiger partial charge is 0.456 e. The van der Waals surface area contributed by atoms with Crippen LogP contribution in [0, 0.1) is 0 Å². The number of hydrogen-bond donors (Lipinski definition) is 0. The van der Waals surface area contributed by atoms with E-state index in [-0.39, 0.29) is 0 Å². The number of rotatable bonds is 5. The predicted octanol–water partition coefficient (Wildman–Crippen LogP) is 17.3. The summed E-state index contributed by atoms with van der Waals surface area (Å²) in [5.74, 6) is 0. The van der Waals surface area contributed by atoms with E-state index in [4.69, 9.17) is 4.42 Å². The molecule has 2 aromatic heterocycles. The molecular weight excluding hydrogens is 825 g/mol. The number of nitrogens with zero attached hydrogens (tertiary/aromatic N) is 2. The standard InChI is InChI=1S/C65H40N2O/c1-2-19-42-39-62-52(38-41(42)18-1)63-50(28-16-37-61(63)68-62)49-26-8-14-35-59(49)67(44-21-15-20-43(40-44)66-57-33-12-6-24-47(57)48-25-7-13-34-58(48)66)60-36-17-32-56-64(60)51-27-5-11-31-55(51)65(56)53-29-9-3-22-45(53)46-23-4-10-30-54(46)65/h1-40H. The van der Waals surface area contributed by atoms with E-state index in [0.717, 1.165) is 55.8 Å². The lowest BCUT2D eigenvalue weighted by Gasteiger charge is -2.32. The van der Waals surface area contributed by atoms with Gasteiger partial charge in [-0.3, -0.25) is 0 Å². The molecule has 0 saturated carbocycles. The zero-order valence-electron chi connectivity index (χ0n) is 36.9. The fourth-order valence-corrected chi connectivity index (χ4v) is 12.3. The van der Waals surface area contributed by atoms with Crippen LogP contribution in [0.25, 0.3) is 93.6 Å². The number of aromatic nitrogens is 1. The molecule has 68 heavy (non-hydrogen) atoms. The van der Waals surface area contributed by atoms with Gasteiger partial charge in [-0.15, -0.1) is 0 Å². The molecule has 0 amide bonds. The molecule has 0 radical (unpaired) electrons. The van der Waals surface area contributed by atoms with Gasteiger partial charge in [0.25, 0.3) is 0 Å². The van der Waals surface area contributed by atoms with E-state index in [9.17, 15) is 0 Å². The number of hydrogen-bond acceptors (Lipinski definition) is 2. The third-order valence-corrected chi connectivity index (χ3v) is 15.0. The highest BCUT2D eigenvalue weighted by molar-refractivity contribution is 6.17. The minimum absolute atomic E-state index is 0.491. The van der Waals surface area contributed by atoms with Crippen LogP contribution in [0.1, 0.15) is 22.3 Å². The lowest BCUT2D eigenvalue weighted by molar-refractivity contribution is 0.669. The molecule has 0 aliphatic heterocycles. The number of furan rings is 1. The molecule has 11 aromatic carbocycles. The smallest absolute Gasteiger partial charge is 0.136 e. The van der Waals surface area contributed by atoms with Gasteiger partial charge in [0.05, 0.1) is 27.8 Å². The van der Waals surface area contributed by atoms with Gasteiger partial charge in [0.2, 0.25) is 0 Å². The third kappa shape index (κ3) is 4.97. The molecule has 2 heterocycles. The van der Waals surface area contributed by atoms with Crippen LogP contribution < -0.4 is 4.90 Å². The van der Waals surface area contributed by atoms with E-state index in [0.29, 0.717) is 0 Å². The number of fused-ring (bicyclic) bond motifs is 17. The Morgan fingerprint density at radius 2 is 0.882 bits per heavy atom. The summed E-state index contributed by atoms with van der Waals surface area (Å²) in [6, 6.07) is 89.4. The molecule has 0 bridgehead atoms. The highest BCUT2D eigenvalue weighted by atomic mass is 16.3. The van der Waals surface area contributed by atoms with Crippen molar-refractivity contribution in [2.45, 2.75) is 5.41 Å². The maximum Gasteiger partial charge on any atom is 0.136 e. The molecule has 0 N–H and O–H groups in total. The first-order valence-corrected chi connectivity index (χ1v) is 23.5. The Balaban J connectivity index is 1.04. The third-order valence-electron chi connectivity index (χ3n) is 15.0. The Kier molecular flexibility index (Phi) is 7.71. The summed E-state index contributed by atoms with van der Waals surface area (Å²) < 4.78 is 9.14. The lowest BCUT2D eigenvalue weighted by atomic mass is 9.70. The molecular formula is C65H40N2O. The van der Waals surface area contributed by atoms with Gasteiger partial charge in [0, 0.05) is 44.0 Å². The Hall–Kier alpha value is -8.92. The first-order valence-electron chi connectivity index (χ1n) is 23.5. The Morgan fingerprint density at radius 1 is 0.353 bits per heavy atom. The zero-order valence-corrected chi connectivity index (χ0v) is 36.9. The maximum absolute atomic E-state index is 6.71. The van der Waals surface area contributed by atoms with E-state index >= 15 is 0 Å². The summed E-state index contributed by atoms with van der Waals surface area (Å²) >= 11 is 0. The molecule has 0 atom stereocenters. The van der Waals surface area contributed by atoms with E-state index in [1.165, 1.54) is 77.1 Å². The van der Waals surface area contributed by atoms with Crippen molar-refractivity contribution in [2.24, 2.45) is 0 Å². The van der Waals surface area contributed by atoms with Crippen LogP contribution in [0.2, 0.25) is 0 Å². The van der Waals surface area contributed by atoms with Crippen molar-refractivity contribution in [3.05, 3.63) is 265 Å². The number of para-hydroxylation sites is 3. The number of anilines is 3. The summed E-state index contributed by atoms with van der Waals surface area (Å²) in [7, 11) is 0. The average molecular weight is 865 g/mol. The second kappa shape index (κ2) is 14.0. The molecule has 1 spiro atoms. The average Bonchev–Trinajstić information content (AvgIpc) is 4.12.